The number of benzene rings is 1. The molecule has 1 aromatic carbocycles. The molecule has 162 valence electrons. The molecule has 3 aromatic rings. The number of carbonyl (C=O) groups is 1. The summed E-state index contributed by atoms with van der Waals surface area (Å²) in [7, 11) is 1.85. The minimum Gasteiger partial charge on any atom is -0.414 e. The van der Waals surface area contributed by atoms with Crippen LogP contribution >= 0.6 is 0 Å². The van der Waals surface area contributed by atoms with Crippen molar-refractivity contribution in [2.45, 2.75) is 31.9 Å². The Balaban J connectivity index is 1.36. The van der Waals surface area contributed by atoms with Crippen molar-refractivity contribution in [3.8, 4) is 23.0 Å². The topological polar surface area (TPSA) is 98.3 Å². The minimum atomic E-state index is -0.435. The average Bonchev–Trinajstić information content (AvgIpc) is 3.53. The van der Waals surface area contributed by atoms with E-state index in [0.29, 0.717) is 31.7 Å². The second-order valence-corrected chi connectivity index (χ2v) is 7.78. The molecule has 1 unspecified atom stereocenters. The molecule has 2 aromatic heterocycles. The Morgan fingerprint density at radius 2 is 2.13 bits per heavy atom. The molecule has 1 fully saturated rings. The normalized spacial score (nSPS) is 18.3. The largest absolute Gasteiger partial charge is 0.414 e. The number of aromatic nitrogens is 4. The lowest BCUT2D eigenvalue weighted by molar-refractivity contribution is 0.108. The maximum atomic E-state index is 14.1. The Morgan fingerprint density at radius 3 is 2.94 bits per heavy atom. The quantitative estimate of drug-likeness (QED) is 0.688. The van der Waals surface area contributed by atoms with Crippen LogP contribution in [0.1, 0.15) is 24.1 Å². The zero-order valence-electron chi connectivity index (χ0n) is 17.2. The molecule has 1 N–H and O–H groups in total. The summed E-state index contributed by atoms with van der Waals surface area (Å²) in [6, 6.07) is 6.10. The van der Waals surface area contributed by atoms with E-state index in [2.05, 4.69) is 20.6 Å². The first-order valence-electron chi connectivity index (χ1n) is 10.4. The van der Waals surface area contributed by atoms with Gasteiger partial charge in [0.05, 0.1) is 18.2 Å². The number of nitrogens with one attached hydrogen (secondary N) is 1. The fourth-order valence-corrected chi connectivity index (χ4v) is 4.12. The number of amides is 2. The number of hydrogen-bond acceptors (Lipinski definition) is 6. The molecule has 2 aliphatic rings. The van der Waals surface area contributed by atoms with Crippen molar-refractivity contribution in [2.75, 3.05) is 19.7 Å². The molecule has 4 heterocycles. The van der Waals surface area contributed by atoms with E-state index >= 15 is 0 Å². The van der Waals surface area contributed by atoms with Gasteiger partial charge < -0.3 is 19.4 Å². The molecule has 2 aliphatic heterocycles. The first-order valence-corrected chi connectivity index (χ1v) is 10.4. The van der Waals surface area contributed by atoms with Crippen LogP contribution in [0.15, 0.2) is 28.7 Å². The average molecular weight is 426 g/mol. The highest BCUT2D eigenvalue weighted by Crippen LogP contribution is 2.31. The number of nitrogens with zero attached hydrogens (tertiary/aromatic N) is 5. The third-order valence-electron chi connectivity index (χ3n) is 5.77. The molecule has 5 rings (SSSR count). The van der Waals surface area contributed by atoms with Crippen molar-refractivity contribution in [1.82, 2.24) is 30.2 Å². The van der Waals surface area contributed by atoms with Gasteiger partial charge in [-0.2, -0.15) is 5.10 Å². The van der Waals surface area contributed by atoms with E-state index in [9.17, 15) is 9.18 Å². The monoisotopic (exact) mass is 426 g/mol. The van der Waals surface area contributed by atoms with Crippen molar-refractivity contribution in [3.05, 3.63) is 41.3 Å². The SMILES string of the molecule is Cn1nc(-c2nnc(-c3ccccc3F)o2)c2c1CCN(C(=O)NCC1CCCO1)C2. The van der Waals surface area contributed by atoms with Crippen LogP contribution in [0.25, 0.3) is 23.0 Å². The van der Waals surface area contributed by atoms with Gasteiger partial charge in [0.25, 0.3) is 11.8 Å². The molecule has 1 atom stereocenters. The Hall–Kier alpha value is -3.27. The zero-order valence-corrected chi connectivity index (χ0v) is 17.2. The summed E-state index contributed by atoms with van der Waals surface area (Å²) < 4.78 is 27.2. The van der Waals surface area contributed by atoms with Gasteiger partial charge in [-0.15, -0.1) is 10.2 Å². The minimum absolute atomic E-state index is 0.0912. The summed E-state index contributed by atoms with van der Waals surface area (Å²) in [6.07, 6.45) is 2.76. The van der Waals surface area contributed by atoms with Crippen molar-refractivity contribution >= 4 is 6.03 Å². The van der Waals surface area contributed by atoms with Crippen LogP contribution in [-0.2, 0) is 24.8 Å². The van der Waals surface area contributed by atoms with Crippen molar-refractivity contribution in [2.24, 2.45) is 7.05 Å². The zero-order chi connectivity index (χ0) is 21.4. The highest BCUT2D eigenvalue weighted by molar-refractivity contribution is 5.75. The number of carbonyl (C=O) groups excluding carboxylic acids is 1. The molecule has 31 heavy (non-hydrogen) atoms. The first kappa shape index (κ1) is 19.7. The van der Waals surface area contributed by atoms with Crippen molar-refractivity contribution in [3.63, 3.8) is 0 Å². The summed E-state index contributed by atoms with van der Waals surface area (Å²) in [5.41, 5.74) is 2.64. The lowest BCUT2D eigenvalue weighted by Crippen LogP contribution is -2.45. The van der Waals surface area contributed by atoms with E-state index in [-0.39, 0.29) is 29.5 Å². The summed E-state index contributed by atoms with van der Waals surface area (Å²) in [5, 5.41) is 15.6. The number of ether oxygens (including phenoxy) is 1. The highest BCUT2D eigenvalue weighted by atomic mass is 19.1. The molecule has 0 radical (unpaired) electrons. The first-order chi connectivity index (χ1) is 15.1. The standard InChI is InChI=1S/C21H23FN6O3/c1-27-17-8-9-28(21(29)23-11-13-5-4-10-30-13)12-15(17)18(26-27)20-25-24-19(31-20)14-6-2-3-7-16(14)22/h2-3,6-7,13H,4-5,8-12H2,1H3,(H,23,29). The van der Waals surface area contributed by atoms with Gasteiger partial charge in [0.15, 0.2) is 5.69 Å². The van der Waals surface area contributed by atoms with E-state index in [0.717, 1.165) is 30.7 Å². The van der Waals surface area contributed by atoms with Gasteiger partial charge in [0, 0.05) is 44.4 Å². The van der Waals surface area contributed by atoms with Gasteiger partial charge in [-0.05, 0) is 25.0 Å². The predicted molar refractivity (Wildman–Crippen MR) is 108 cm³/mol. The van der Waals surface area contributed by atoms with Crippen LogP contribution in [0.5, 0.6) is 0 Å². The fourth-order valence-electron chi connectivity index (χ4n) is 4.12. The fraction of sp³-hybridized carbons (Fsp3) is 0.429. The van der Waals surface area contributed by atoms with Gasteiger partial charge in [0.2, 0.25) is 0 Å². The molecule has 9 nitrogen and oxygen atoms in total. The molecule has 0 saturated carbocycles. The molecule has 10 heteroatoms. The Kier molecular flexibility index (Phi) is 5.14. The van der Waals surface area contributed by atoms with Crippen LogP contribution in [0, 0.1) is 5.82 Å². The van der Waals surface area contributed by atoms with Crippen molar-refractivity contribution < 1.29 is 18.3 Å². The molecule has 2 amide bonds. The molecule has 1 saturated heterocycles. The predicted octanol–water partition coefficient (Wildman–Crippen LogP) is 2.52. The highest BCUT2D eigenvalue weighted by Gasteiger charge is 2.30. The third-order valence-corrected chi connectivity index (χ3v) is 5.77. The van der Waals surface area contributed by atoms with Crippen LogP contribution in [-0.4, -0.2) is 56.7 Å². The van der Waals surface area contributed by atoms with Gasteiger partial charge >= 0.3 is 6.03 Å². The molecule has 0 aliphatic carbocycles. The summed E-state index contributed by atoms with van der Waals surface area (Å²) in [5.74, 6) is -0.138. The van der Waals surface area contributed by atoms with E-state index in [1.807, 2.05) is 7.05 Å². The van der Waals surface area contributed by atoms with Crippen LogP contribution in [0.4, 0.5) is 9.18 Å². The van der Waals surface area contributed by atoms with E-state index in [1.54, 1.807) is 27.8 Å². The number of halogens is 1. The number of aryl methyl sites for hydroxylation is 1. The number of rotatable bonds is 4. The molecular weight excluding hydrogens is 403 g/mol. The number of urea groups is 1. The van der Waals surface area contributed by atoms with Gasteiger partial charge in [0.1, 0.15) is 5.82 Å². The Labute approximate surface area is 178 Å². The summed E-state index contributed by atoms with van der Waals surface area (Å²) in [6.45, 7) is 2.24. The van der Waals surface area contributed by atoms with Gasteiger partial charge in [-0.25, -0.2) is 9.18 Å². The van der Waals surface area contributed by atoms with Crippen LogP contribution in [0.2, 0.25) is 0 Å². The Morgan fingerprint density at radius 1 is 1.29 bits per heavy atom. The van der Waals surface area contributed by atoms with Gasteiger partial charge in [-0.1, -0.05) is 12.1 Å². The molecule has 0 bridgehead atoms. The second kappa shape index (κ2) is 8.10. The third kappa shape index (κ3) is 3.78. The lowest BCUT2D eigenvalue weighted by Gasteiger charge is -2.28. The number of fused-ring (bicyclic) bond motifs is 1. The van der Waals surface area contributed by atoms with Crippen molar-refractivity contribution in [1.29, 1.82) is 0 Å². The smallest absolute Gasteiger partial charge is 0.317 e. The maximum absolute atomic E-state index is 14.1. The number of hydrogen-bond donors (Lipinski definition) is 1. The molecule has 0 spiro atoms. The van der Waals surface area contributed by atoms with Crippen LogP contribution < -0.4 is 5.32 Å². The summed E-state index contributed by atoms with van der Waals surface area (Å²) >= 11 is 0. The molecular formula is C21H23FN6O3. The van der Waals surface area contributed by atoms with Gasteiger partial charge in [-0.3, -0.25) is 4.68 Å². The maximum Gasteiger partial charge on any atom is 0.317 e. The van der Waals surface area contributed by atoms with E-state index in [4.69, 9.17) is 9.15 Å². The summed E-state index contributed by atoms with van der Waals surface area (Å²) in [4.78, 5) is 14.4. The second-order valence-electron chi connectivity index (χ2n) is 7.78. The lowest BCUT2D eigenvalue weighted by atomic mass is 10.1. The van der Waals surface area contributed by atoms with E-state index < -0.39 is 5.82 Å². The van der Waals surface area contributed by atoms with Crippen LogP contribution in [0.3, 0.4) is 0 Å². The van der Waals surface area contributed by atoms with E-state index in [1.165, 1.54) is 6.07 Å². The Bertz CT molecular complexity index is 1100.